The molecule has 0 bridgehead atoms. The lowest BCUT2D eigenvalue weighted by Gasteiger charge is -2.14. The van der Waals surface area contributed by atoms with E-state index >= 15 is 0 Å². The van der Waals surface area contributed by atoms with Crippen molar-refractivity contribution in [3.05, 3.63) is 126 Å². The summed E-state index contributed by atoms with van der Waals surface area (Å²) in [7, 11) is 0. The summed E-state index contributed by atoms with van der Waals surface area (Å²) in [6.45, 7) is 0. The molecule has 6 aromatic rings. The molecule has 0 aliphatic carbocycles. The number of nitrogens with zero attached hydrogens (tertiary/aromatic N) is 1. The highest BCUT2D eigenvalue weighted by molar-refractivity contribution is 6.17. The van der Waals surface area contributed by atoms with E-state index in [9.17, 15) is 4.79 Å². The normalized spacial score (nSPS) is 11.8. The van der Waals surface area contributed by atoms with E-state index in [1.54, 1.807) is 0 Å². The fraction of sp³-hybridized carbons (Fsp3) is 0. The van der Waals surface area contributed by atoms with Crippen LogP contribution in [0.3, 0.4) is 0 Å². The van der Waals surface area contributed by atoms with Crippen LogP contribution in [0.5, 0.6) is 0 Å². The summed E-state index contributed by atoms with van der Waals surface area (Å²) >= 11 is 0. The Morgan fingerprint density at radius 2 is 1.18 bits per heavy atom. The zero-order valence-electron chi connectivity index (χ0n) is 17.8. The average molecular weight is 421 g/mol. The second kappa shape index (κ2) is 6.78. The van der Waals surface area contributed by atoms with Crippen molar-refractivity contribution < 1.29 is 4.79 Å². The Labute approximate surface area is 191 Å². The van der Waals surface area contributed by atoms with Gasteiger partial charge in [0.2, 0.25) is 0 Å². The quantitative estimate of drug-likeness (QED) is 0.263. The van der Waals surface area contributed by atoms with Gasteiger partial charge in [-0.1, -0.05) is 91.0 Å². The van der Waals surface area contributed by atoms with E-state index in [4.69, 9.17) is 0 Å². The summed E-state index contributed by atoms with van der Waals surface area (Å²) in [4.78, 5) is 13.3. The van der Waals surface area contributed by atoms with Crippen LogP contribution < -0.4 is 0 Å². The third kappa shape index (κ3) is 2.52. The van der Waals surface area contributed by atoms with Crippen molar-refractivity contribution in [1.29, 1.82) is 0 Å². The molecule has 0 saturated heterocycles. The number of hydrogen-bond donors (Lipinski definition) is 0. The molecule has 0 spiro atoms. The molecule has 0 amide bonds. The van der Waals surface area contributed by atoms with Crippen LogP contribution in [0.15, 0.2) is 115 Å². The smallest absolute Gasteiger partial charge is 0.193 e. The molecule has 7 rings (SSSR count). The molecule has 0 saturated carbocycles. The van der Waals surface area contributed by atoms with Crippen molar-refractivity contribution in [2.75, 3.05) is 0 Å². The second-order valence-electron chi connectivity index (χ2n) is 8.53. The lowest BCUT2D eigenvalue weighted by Crippen LogP contribution is -2.03. The molecular weight excluding hydrogens is 402 g/mol. The molecule has 1 aromatic heterocycles. The first-order valence-corrected chi connectivity index (χ1v) is 11.2. The number of benzene rings is 5. The lowest BCUT2D eigenvalue weighted by molar-refractivity contribution is 0.103. The fourth-order valence-electron chi connectivity index (χ4n) is 5.28. The summed E-state index contributed by atoms with van der Waals surface area (Å²) < 4.78 is 2.37. The number of carbonyl (C=O) groups excluding carboxylic acids is 1. The summed E-state index contributed by atoms with van der Waals surface area (Å²) in [5.41, 5.74) is 9.53. The Morgan fingerprint density at radius 1 is 0.515 bits per heavy atom. The largest absolute Gasteiger partial charge is 0.308 e. The number of carbonyl (C=O) groups is 1. The van der Waals surface area contributed by atoms with Gasteiger partial charge in [0.05, 0.1) is 16.7 Å². The van der Waals surface area contributed by atoms with Gasteiger partial charge < -0.3 is 4.57 Å². The minimum Gasteiger partial charge on any atom is -0.308 e. The standard InChI is InChI=1S/C31H19NO/c33-31(20-9-2-1-3-10-20)21-17-18-29-27(19-21)23-12-5-4-11-22(23)25-14-8-15-26-24-13-6-7-16-28(24)32(29)30(25)26/h1-19H. The van der Waals surface area contributed by atoms with E-state index in [2.05, 4.69) is 83.4 Å². The van der Waals surface area contributed by atoms with Gasteiger partial charge >= 0.3 is 0 Å². The molecule has 2 heterocycles. The minimum absolute atomic E-state index is 0.0418. The van der Waals surface area contributed by atoms with E-state index in [0.29, 0.717) is 11.1 Å². The predicted octanol–water partition coefficient (Wildman–Crippen LogP) is 7.66. The molecule has 33 heavy (non-hydrogen) atoms. The van der Waals surface area contributed by atoms with Gasteiger partial charge in [-0.25, -0.2) is 0 Å². The number of aromatic nitrogens is 1. The molecular formula is C31H19NO. The maximum atomic E-state index is 13.3. The molecule has 0 radical (unpaired) electrons. The van der Waals surface area contributed by atoms with Crippen LogP contribution in [-0.4, -0.2) is 10.4 Å². The van der Waals surface area contributed by atoms with Gasteiger partial charge in [0.25, 0.3) is 0 Å². The van der Waals surface area contributed by atoms with Crippen molar-refractivity contribution in [2.24, 2.45) is 0 Å². The fourth-order valence-corrected chi connectivity index (χ4v) is 5.28. The summed E-state index contributed by atoms with van der Waals surface area (Å²) in [5.74, 6) is 0.0418. The molecule has 0 atom stereocenters. The SMILES string of the molecule is O=C(c1ccccc1)c1ccc2c(c1)-c1ccccc1-c1cccc3c4ccccc4n-2c13. The van der Waals surface area contributed by atoms with Crippen LogP contribution in [0.1, 0.15) is 15.9 Å². The van der Waals surface area contributed by atoms with Crippen LogP contribution in [0.2, 0.25) is 0 Å². The Hall–Kier alpha value is -4.43. The third-order valence-corrected chi connectivity index (χ3v) is 6.74. The number of hydrogen-bond acceptors (Lipinski definition) is 1. The molecule has 154 valence electrons. The topological polar surface area (TPSA) is 22.0 Å². The maximum Gasteiger partial charge on any atom is 0.193 e. The highest BCUT2D eigenvalue weighted by Crippen LogP contribution is 2.46. The highest BCUT2D eigenvalue weighted by Gasteiger charge is 2.24. The Balaban J connectivity index is 1.61. The van der Waals surface area contributed by atoms with E-state index in [-0.39, 0.29) is 5.78 Å². The number of para-hydroxylation sites is 2. The van der Waals surface area contributed by atoms with Gasteiger partial charge in [0.1, 0.15) is 0 Å². The monoisotopic (exact) mass is 421 g/mol. The third-order valence-electron chi connectivity index (χ3n) is 6.74. The first-order chi connectivity index (χ1) is 16.3. The van der Waals surface area contributed by atoms with Crippen LogP contribution in [-0.2, 0) is 0 Å². The molecule has 0 fully saturated rings. The Morgan fingerprint density at radius 3 is 2.03 bits per heavy atom. The first kappa shape index (κ1) is 18.2. The summed E-state index contributed by atoms with van der Waals surface area (Å²) in [6, 6.07) is 39.3. The molecule has 2 nitrogen and oxygen atoms in total. The molecule has 1 aliphatic heterocycles. The van der Waals surface area contributed by atoms with E-state index in [1.165, 1.54) is 32.9 Å². The summed E-state index contributed by atoms with van der Waals surface area (Å²) in [6.07, 6.45) is 0. The van der Waals surface area contributed by atoms with Crippen LogP contribution in [0.25, 0.3) is 49.7 Å². The first-order valence-electron chi connectivity index (χ1n) is 11.2. The van der Waals surface area contributed by atoms with Crippen molar-refractivity contribution in [2.45, 2.75) is 0 Å². The van der Waals surface area contributed by atoms with Crippen LogP contribution in [0.4, 0.5) is 0 Å². The van der Waals surface area contributed by atoms with E-state index in [1.807, 2.05) is 36.4 Å². The predicted molar refractivity (Wildman–Crippen MR) is 135 cm³/mol. The highest BCUT2D eigenvalue weighted by atomic mass is 16.1. The van der Waals surface area contributed by atoms with E-state index in [0.717, 1.165) is 16.8 Å². The Kier molecular flexibility index (Phi) is 3.73. The molecule has 5 aromatic carbocycles. The number of ketones is 1. The second-order valence-corrected chi connectivity index (χ2v) is 8.53. The maximum absolute atomic E-state index is 13.3. The van der Waals surface area contributed by atoms with Crippen molar-refractivity contribution >= 4 is 27.6 Å². The van der Waals surface area contributed by atoms with Crippen molar-refractivity contribution in [1.82, 2.24) is 4.57 Å². The van der Waals surface area contributed by atoms with Crippen LogP contribution in [0, 0.1) is 0 Å². The van der Waals surface area contributed by atoms with Gasteiger partial charge in [-0.2, -0.15) is 0 Å². The van der Waals surface area contributed by atoms with Gasteiger partial charge in [-0.15, -0.1) is 0 Å². The van der Waals surface area contributed by atoms with Crippen molar-refractivity contribution in [3.8, 4) is 27.9 Å². The van der Waals surface area contributed by atoms with Gasteiger partial charge in [0.15, 0.2) is 5.78 Å². The molecule has 0 unspecified atom stereocenters. The zero-order chi connectivity index (χ0) is 21.9. The molecule has 1 aliphatic rings. The van der Waals surface area contributed by atoms with Gasteiger partial charge in [-0.05, 0) is 35.4 Å². The number of fused-ring (bicyclic) bond motifs is 8. The van der Waals surface area contributed by atoms with Gasteiger partial charge in [-0.3, -0.25) is 4.79 Å². The van der Waals surface area contributed by atoms with Gasteiger partial charge in [0, 0.05) is 33.0 Å². The average Bonchev–Trinajstić information content (AvgIpc) is 3.16. The van der Waals surface area contributed by atoms with E-state index < -0.39 is 0 Å². The zero-order valence-corrected chi connectivity index (χ0v) is 17.8. The Bertz CT molecular complexity index is 1720. The summed E-state index contributed by atoms with van der Waals surface area (Å²) in [5, 5.41) is 2.49. The van der Waals surface area contributed by atoms with Crippen LogP contribution >= 0.6 is 0 Å². The number of rotatable bonds is 2. The lowest BCUT2D eigenvalue weighted by atomic mass is 9.91. The molecule has 0 N–H and O–H groups in total. The van der Waals surface area contributed by atoms with Crippen molar-refractivity contribution in [3.63, 3.8) is 0 Å². The molecule has 2 heteroatoms. The minimum atomic E-state index is 0.0418.